The van der Waals surface area contributed by atoms with Crippen LogP contribution in [-0.4, -0.2) is 138 Å². The number of fused-ring (bicyclic) bond motifs is 8. The smallest absolute Gasteiger partial charge is 0.277 e. The topological polar surface area (TPSA) is 261 Å². The van der Waals surface area contributed by atoms with E-state index in [9.17, 15) is 9.59 Å². The van der Waals surface area contributed by atoms with Crippen LogP contribution >= 0.6 is 47.0 Å². The molecule has 0 bridgehead atoms. The Labute approximate surface area is 475 Å². The third-order valence-electron chi connectivity index (χ3n) is 14.0. The maximum absolute atomic E-state index is 14.1. The molecule has 23 nitrogen and oxygen atoms in total. The van der Waals surface area contributed by atoms with Gasteiger partial charge in [-0.25, -0.2) is 24.8 Å². The zero-order chi connectivity index (χ0) is 53.7. The lowest BCUT2D eigenvalue weighted by Crippen LogP contribution is -2.33. The number of amides is 2. The van der Waals surface area contributed by atoms with E-state index in [0.29, 0.717) is 162 Å². The molecule has 0 aliphatic carbocycles. The molecular weight excluding hydrogens is 1120 g/mol. The van der Waals surface area contributed by atoms with Gasteiger partial charge in [0.05, 0.1) is 79.6 Å². The molecule has 0 saturated heterocycles. The third-order valence-corrected chi connectivity index (χ3v) is 18.0. The minimum atomic E-state index is -0.365. The Morgan fingerprint density at radius 3 is 2.28 bits per heavy atom. The van der Waals surface area contributed by atoms with Gasteiger partial charge in [-0.2, -0.15) is 0 Å². The van der Waals surface area contributed by atoms with Crippen molar-refractivity contribution in [1.29, 1.82) is 0 Å². The maximum atomic E-state index is 14.1. The Morgan fingerprint density at radius 2 is 1.33 bits per heavy atom. The average molecular weight is 1160 g/mol. The number of aryl methyl sites for hydroxylation is 1. The highest BCUT2D eigenvalue weighted by molar-refractivity contribution is 8.00. The standard InChI is InChI=1S/C54H38N12O11S4/c67-34-21-76-28-4-6-33(59-51(28)60-34)66-35(68)22-80-32-5-3-25(58-52(32)66)36-41(62-64-53-47(36)72-12-13-74-53)37-42(63-65-54-50(37)79-17-15-75-54)38-43(61-40(48-49(38)81-23-77-48)26-19-29-30(20-56-26)70-11-10-69-29)44-45-24(2-1-9-71-45)18-27(57-44)39-46-31(7-8-55-39)78-16-14-73-46/h3-8,18-20H,1-2,9-17,21-23H2,(H,59,60,67). The summed E-state index contributed by atoms with van der Waals surface area (Å²) in [4.78, 5) is 61.8. The van der Waals surface area contributed by atoms with Crippen LogP contribution in [0.5, 0.6) is 52.0 Å². The van der Waals surface area contributed by atoms with E-state index in [1.54, 1.807) is 42.4 Å². The van der Waals surface area contributed by atoms with Gasteiger partial charge >= 0.3 is 0 Å². The summed E-state index contributed by atoms with van der Waals surface area (Å²) in [6.45, 7) is 2.33. The molecule has 16 heterocycles. The molecule has 0 atom stereocenters. The maximum Gasteiger partial charge on any atom is 0.277 e. The predicted octanol–water partition coefficient (Wildman–Crippen LogP) is 8.02. The number of carbonyl (C=O) groups is 2. The first-order chi connectivity index (χ1) is 40.0. The van der Waals surface area contributed by atoms with E-state index in [-0.39, 0.29) is 78.2 Å². The fraction of sp³-hybridized carbons (Fsp3) is 0.259. The second-order valence-electron chi connectivity index (χ2n) is 18.8. The first kappa shape index (κ1) is 48.5. The summed E-state index contributed by atoms with van der Waals surface area (Å²) in [7, 11) is 0. The molecule has 8 aromatic rings. The van der Waals surface area contributed by atoms with Crippen LogP contribution in [0.1, 0.15) is 12.0 Å². The summed E-state index contributed by atoms with van der Waals surface area (Å²) in [6, 6.07) is 12.8. The Balaban J connectivity index is 0.959. The molecule has 0 aromatic carbocycles. The van der Waals surface area contributed by atoms with Crippen LogP contribution in [0.3, 0.4) is 0 Å². The molecule has 0 saturated carbocycles. The van der Waals surface area contributed by atoms with Crippen LogP contribution in [-0.2, 0) is 16.0 Å². The van der Waals surface area contributed by atoms with E-state index < -0.39 is 0 Å². The Bertz CT molecular complexity index is 4050. The van der Waals surface area contributed by atoms with E-state index in [1.165, 1.54) is 40.2 Å². The van der Waals surface area contributed by atoms with Crippen molar-refractivity contribution < 1.29 is 52.2 Å². The van der Waals surface area contributed by atoms with Crippen LogP contribution in [0, 0.1) is 0 Å². The molecule has 0 unspecified atom stereocenters. The molecule has 404 valence electrons. The highest BCUT2D eigenvalue weighted by Gasteiger charge is 2.40. The third kappa shape index (κ3) is 8.21. The van der Waals surface area contributed by atoms with Crippen molar-refractivity contribution in [3.63, 3.8) is 0 Å². The van der Waals surface area contributed by atoms with E-state index in [0.717, 1.165) is 22.6 Å². The molecule has 8 aliphatic heterocycles. The summed E-state index contributed by atoms with van der Waals surface area (Å²) in [5.41, 5.74) is 6.07. The number of hydrogen-bond acceptors (Lipinski definition) is 25. The fourth-order valence-corrected chi connectivity index (χ4v) is 14.1. The highest BCUT2D eigenvalue weighted by Crippen LogP contribution is 2.58. The average Bonchev–Trinajstić information content (AvgIpc) is 4.24. The highest BCUT2D eigenvalue weighted by atomic mass is 32.2. The van der Waals surface area contributed by atoms with Gasteiger partial charge in [0.15, 0.2) is 52.7 Å². The second kappa shape index (κ2) is 19.7. The summed E-state index contributed by atoms with van der Waals surface area (Å²) in [5, 5.41) is 22.4. The quantitative estimate of drug-likeness (QED) is 0.158. The van der Waals surface area contributed by atoms with Gasteiger partial charge in [-0.1, -0.05) is 11.8 Å². The molecule has 0 radical (unpaired) electrons. The van der Waals surface area contributed by atoms with E-state index in [1.807, 2.05) is 24.3 Å². The zero-order valence-electron chi connectivity index (χ0n) is 42.1. The van der Waals surface area contributed by atoms with Crippen LogP contribution in [0.4, 0.5) is 17.5 Å². The summed E-state index contributed by atoms with van der Waals surface area (Å²) in [5.74, 6) is 5.49. The number of nitrogens with zero attached hydrogens (tertiary/aromatic N) is 11. The van der Waals surface area contributed by atoms with E-state index in [4.69, 9.17) is 82.8 Å². The number of aromatic nitrogens is 10. The van der Waals surface area contributed by atoms with Crippen molar-refractivity contribution >= 4 is 76.3 Å². The molecule has 16 rings (SSSR count). The fourth-order valence-electron chi connectivity index (χ4n) is 10.5. The van der Waals surface area contributed by atoms with Gasteiger partial charge in [-0.15, -0.1) is 55.7 Å². The van der Waals surface area contributed by atoms with Gasteiger partial charge in [0.25, 0.3) is 11.8 Å². The normalized spacial score (nSPS) is 17.0. The van der Waals surface area contributed by atoms with Crippen LogP contribution in [0.15, 0.2) is 74.4 Å². The Morgan fingerprint density at radius 1 is 0.519 bits per heavy atom. The number of pyridine rings is 6. The number of nitrogens with one attached hydrogen (secondary N) is 1. The molecule has 81 heavy (non-hydrogen) atoms. The lowest BCUT2D eigenvalue weighted by molar-refractivity contribution is -0.118. The summed E-state index contributed by atoms with van der Waals surface area (Å²) in [6.07, 6.45) is 4.87. The number of hydrogen-bond donors (Lipinski definition) is 1. The SMILES string of the molecule is O=C1COc2ccc(N3C(=O)CSc4ccc(-c5c(-c6c(-c7c(-c8nc(-c9nccc%10c9OCCS%10)cc9c8OCCC9)nc(-c8cc9c(cn8)OCCO9)c8c7SCO8)nnc7c6SCCO7)nnc6c5OCCO6)nc43)nc2N1. The number of rotatable bonds is 7. The van der Waals surface area contributed by atoms with Crippen molar-refractivity contribution in [1.82, 2.24) is 50.3 Å². The van der Waals surface area contributed by atoms with Crippen molar-refractivity contribution in [2.24, 2.45) is 0 Å². The van der Waals surface area contributed by atoms with Crippen LogP contribution in [0.2, 0.25) is 0 Å². The number of carbonyl (C=O) groups excluding carboxylic acids is 2. The number of thioether (sulfide) groups is 4. The monoisotopic (exact) mass is 1160 g/mol. The molecular formula is C54H38N12O11S4. The number of ether oxygens (including phenoxy) is 9. The summed E-state index contributed by atoms with van der Waals surface area (Å²) >= 11 is 6.03. The van der Waals surface area contributed by atoms with Gasteiger partial charge in [0.2, 0.25) is 11.8 Å². The van der Waals surface area contributed by atoms with Gasteiger partial charge < -0.3 is 47.9 Å². The molecule has 1 N–H and O–H groups in total. The first-order valence-electron chi connectivity index (χ1n) is 25.7. The molecule has 0 spiro atoms. The van der Waals surface area contributed by atoms with Crippen molar-refractivity contribution in [3.05, 3.63) is 60.4 Å². The molecule has 27 heteroatoms. The van der Waals surface area contributed by atoms with E-state index in [2.05, 4.69) is 15.4 Å². The molecule has 2 amide bonds. The molecule has 0 fully saturated rings. The second-order valence-corrected chi connectivity index (χ2v) is 23.0. The Kier molecular flexibility index (Phi) is 11.8. The van der Waals surface area contributed by atoms with Crippen molar-refractivity contribution in [2.45, 2.75) is 32.4 Å². The lowest BCUT2D eigenvalue weighted by Gasteiger charge is -2.29. The van der Waals surface area contributed by atoms with Gasteiger partial charge in [0, 0.05) is 29.3 Å². The van der Waals surface area contributed by atoms with Crippen LogP contribution < -0.4 is 52.8 Å². The first-order valence-corrected chi connectivity index (χ1v) is 29.7. The molecule has 8 aromatic heterocycles. The Hall–Kier alpha value is -8.40. The van der Waals surface area contributed by atoms with Crippen LogP contribution in [0.25, 0.3) is 67.9 Å². The van der Waals surface area contributed by atoms with Gasteiger partial charge in [-0.3, -0.25) is 19.6 Å². The van der Waals surface area contributed by atoms with Crippen molar-refractivity contribution in [3.8, 4) is 120 Å². The zero-order valence-corrected chi connectivity index (χ0v) is 45.4. The molecule has 8 aliphatic rings. The van der Waals surface area contributed by atoms with Crippen molar-refractivity contribution in [2.75, 3.05) is 86.3 Å². The predicted molar refractivity (Wildman–Crippen MR) is 295 cm³/mol. The minimum absolute atomic E-state index is 0.105. The van der Waals surface area contributed by atoms with Gasteiger partial charge in [-0.05, 0) is 54.8 Å². The van der Waals surface area contributed by atoms with Gasteiger partial charge in [0.1, 0.15) is 78.1 Å². The van der Waals surface area contributed by atoms with E-state index >= 15 is 0 Å². The minimum Gasteiger partial charge on any atom is -0.491 e. The summed E-state index contributed by atoms with van der Waals surface area (Å²) < 4.78 is 56.2. The lowest BCUT2D eigenvalue weighted by atomic mass is 9.94. The largest absolute Gasteiger partial charge is 0.491 e. The number of anilines is 3.